The van der Waals surface area contributed by atoms with Crippen molar-refractivity contribution < 1.29 is 4.42 Å². The third-order valence-electron chi connectivity index (χ3n) is 9.39. The Morgan fingerprint density at radius 1 is 0.426 bits per heavy atom. The molecule has 47 heavy (non-hydrogen) atoms. The summed E-state index contributed by atoms with van der Waals surface area (Å²) in [5, 5.41) is 11.0. The van der Waals surface area contributed by atoms with Gasteiger partial charge in [-0.05, 0) is 104 Å². The number of aryl methyl sites for hydroxylation is 1. The van der Waals surface area contributed by atoms with Gasteiger partial charge >= 0.3 is 0 Å². The molecule has 0 spiro atoms. The molecule has 9 aromatic rings. The van der Waals surface area contributed by atoms with Crippen molar-refractivity contribution in [3.05, 3.63) is 169 Å². The predicted octanol–water partition coefficient (Wildman–Crippen LogP) is 12.9. The van der Waals surface area contributed by atoms with Crippen LogP contribution in [-0.2, 0) is 0 Å². The van der Waals surface area contributed by atoms with Crippen molar-refractivity contribution in [3.8, 4) is 33.4 Å². The molecule has 9 rings (SSSR count). The van der Waals surface area contributed by atoms with Gasteiger partial charge in [0.25, 0.3) is 0 Å². The predicted molar refractivity (Wildman–Crippen MR) is 200 cm³/mol. The van der Waals surface area contributed by atoms with Gasteiger partial charge in [-0.2, -0.15) is 0 Å². The lowest BCUT2D eigenvalue weighted by Gasteiger charge is -2.19. The standard InChI is InChI=1S/C45H31NO/c1-29-10-2-5-13-36(29)37-14-6-7-15-38(37)41-28-34(21-24-42(41)46-35-23-20-30-11-3-4-12-32(30)26-35)33-19-18-31-22-25-44-45(40(31)27-33)39-16-8-9-17-43(39)47-44/h2-28,46H,1H3. The molecular formula is C45H31NO. The van der Waals surface area contributed by atoms with Crippen LogP contribution in [0.5, 0.6) is 0 Å². The van der Waals surface area contributed by atoms with E-state index in [1.54, 1.807) is 0 Å². The molecule has 1 aromatic heterocycles. The molecule has 2 nitrogen and oxygen atoms in total. The lowest BCUT2D eigenvalue weighted by Crippen LogP contribution is -1.96. The Labute approximate surface area is 273 Å². The highest BCUT2D eigenvalue weighted by atomic mass is 16.3. The van der Waals surface area contributed by atoms with Crippen molar-refractivity contribution in [1.29, 1.82) is 0 Å². The molecule has 0 radical (unpaired) electrons. The van der Waals surface area contributed by atoms with E-state index < -0.39 is 0 Å². The van der Waals surface area contributed by atoms with E-state index in [0.29, 0.717) is 0 Å². The molecule has 1 heterocycles. The molecule has 0 unspecified atom stereocenters. The molecule has 0 saturated heterocycles. The number of benzene rings is 8. The van der Waals surface area contributed by atoms with E-state index in [9.17, 15) is 0 Å². The zero-order chi connectivity index (χ0) is 31.3. The fourth-order valence-corrected chi connectivity index (χ4v) is 7.03. The summed E-state index contributed by atoms with van der Waals surface area (Å²) in [6.07, 6.45) is 0. The third-order valence-corrected chi connectivity index (χ3v) is 9.39. The van der Waals surface area contributed by atoms with Crippen LogP contribution in [0.3, 0.4) is 0 Å². The second-order valence-corrected chi connectivity index (χ2v) is 12.3. The van der Waals surface area contributed by atoms with E-state index in [1.165, 1.54) is 54.7 Å². The maximum absolute atomic E-state index is 6.24. The lowest BCUT2D eigenvalue weighted by atomic mass is 9.89. The zero-order valence-electron chi connectivity index (χ0n) is 26.0. The van der Waals surface area contributed by atoms with Crippen LogP contribution >= 0.6 is 0 Å². The lowest BCUT2D eigenvalue weighted by molar-refractivity contribution is 0.669. The van der Waals surface area contributed by atoms with E-state index in [4.69, 9.17) is 4.42 Å². The van der Waals surface area contributed by atoms with E-state index in [2.05, 4.69) is 164 Å². The number of rotatable bonds is 5. The summed E-state index contributed by atoms with van der Waals surface area (Å²) in [7, 11) is 0. The second kappa shape index (κ2) is 11.0. The van der Waals surface area contributed by atoms with E-state index >= 15 is 0 Å². The maximum atomic E-state index is 6.24. The first-order valence-electron chi connectivity index (χ1n) is 16.1. The molecule has 0 bridgehead atoms. The average molecular weight is 602 g/mol. The monoisotopic (exact) mass is 601 g/mol. The summed E-state index contributed by atoms with van der Waals surface area (Å²) in [6, 6.07) is 58.6. The van der Waals surface area contributed by atoms with Crippen LogP contribution in [-0.4, -0.2) is 0 Å². The minimum atomic E-state index is 0.915. The van der Waals surface area contributed by atoms with Crippen LogP contribution in [0.15, 0.2) is 168 Å². The van der Waals surface area contributed by atoms with Gasteiger partial charge in [-0.1, -0.05) is 121 Å². The molecule has 2 heteroatoms. The molecule has 0 saturated carbocycles. The van der Waals surface area contributed by atoms with Gasteiger partial charge in [0.15, 0.2) is 0 Å². The molecule has 0 atom stereocenters. The highest BCUT2D eigenvalue weighted by Gasteiger charge is 2.16. The largest absolute Gasteiger partial charge is 0.456 e. The summed E-state index contributed by atoms with van der Waals surface area (Å²) in [5.41, 5.74) is 12.3. The van der Waals surface area contributed by atoms with Gasteiger partial charge < -0.3 is 9.73 Å². The van der Waals surface area contributed by atoms with Crippen LogP contribution in [0.2, 0.25) is 0 Å². The van der Waals surface area contributed by atoms with Crippen molar-refractivity contribution in [2.24, 2.45) is 0 Å². The van der Waals surface area contributed by atoms with Gasteiger partial charge in [0, 0.05) is 27.7 Å². The van der Waals surface area contributed by atoms with Crippen LogP contribution in [0.1, 0.15) is 5.56 Å². The number of furan rings is 1. The SMILES string of the molecule is Cc1ccccc1-c1ccccc1-c1cc(-c2ccc3ccc4oc5ccccc5c4c3c2)ccc1Nc1ccc2ccccc2c1. The smallest absolute Gasteiger partial charge is 0.136 e. The van der Waals surface area contributed by atoms with E-state index in [1.807, 2.05) is 12.1 Å². The van der Waals surface area contributed by atoms with Gasteiger partial charge in [0.1, 0.15) is 11.2 Å². The first-order chi connectivity index (χ1) is 23.2. The fourth-order valence-electron chi connectivity index (χ4n) is 7.03. The molecule has 0 aliphatic carbocycles. The first kappa shape index (κ1) is 27.2. The van der Waals surface area contributed by atoms with Crippen molar-refractivity contribution in [3.63, 3.8) is 0 Å². The normalized spacial score (nSPS) is 11.5. The van der Waals surface area contributed by atoms with Gasteiger partial charge in [-0.15, -0.1) is 0 Å². The molecule has 0 fully saturated rings. The van der Waals surface area contributed by atoms with Gasteiger partial charge in [0.2, 0.25) is 0 Å². The quantitative estimate of drug-likeness (QED) is 0.212. The number of hydrogen-bond acceptors (Lipinski definition) is 2. The van der Waals surface area contributed by atoms with E-state index in [-0.39, 0.29) is 0 Å². The van der Waals surface area contributed by atoms with Crippen molar-refractivity contribution in [1.82, 2.24) is 0 Å². The second-order valence-electron chi connectivity index (χ2n) is 12.3. The highest BCUT2D eigenvalue weighted by molar-refractivity contribution is 6.19. The van der Waals surface area contributed by atoms with E-state index in [0.717, 1.165) is 39.1 Å². The summed E-state index contributed by atoms with van der Waals surface area (Å²) in [5.74, 6) is 0. The minimum absolute atomic E-state index is 0.915. The Morgan fingerprint density at radius 3 is 1.96 bits per heavy atom. The van der Waals surface area contributed by atoms with Gasteiger partial charge in [0.05, 0.1) is 0 Å². The molecule has 0 aliphatic rings. The minimum Gasteiger partial charge on any atom is -0.456 e. The third kappa shape index (κ3) is 4.74. The summed E-state index contributed by atoms with van der Waals surface area (Å²) < 4.78 is 6.24. The van der Waals surface area contributed by atoms with Crippen molar-refractivity contribution in [2.45, 2.75) is 6.92 Å². The zero-order valence-corrected chi connectivity index (χ0v) is 26.0. The Morgan fingerprint density at radius 2 is 1.09 bits per heavy atom. The van der Waals surface area contributed by atoms with Crippen molar-refractivity contribution >= 4 is 54.9 Å². The number of anilines is 2. The number of para-hydroxylation sites is 1. The maximum Gasteiger partial charge on any atom is 0.136 e. The van der Waals surface area contributed by atoms with Crippen molar-refractivity contribution in [2.75, 3.05) is 5.32 Å². The molecule has 0 aliphatic heterocycles. The van der Waals surface area contributed by atoms with Crippen LogP contribution < -0.4 is 5.32 Å². The summed E-state index contributed by atoms with van der Waals surface area (Å²) in [4.78, 5) is 0. The summed E-state index contributed by atoms with van der Waals surface area (Å²) >= 11 is 0. The number of fused-ring (bicyclic) bond motifs is 6. The molecule has 0 amide bonds. The van der Waals surface area contributed by atoms with Crippen LogP contribution in [0.25, 0.3) is 76.9 Å². The molecule has 1 N–H and O–H groups in total. The highest BCUT2D eigenvalue weighted by Crippen LogP contribution is 2.42. The Balaban J connectivity index is 1.24. The van der Waals surface area contributed by atoms with Gasteiger partial charge in [-0.25, -0.2) is 0 Å². The Bertz CT molecular complexity index is 2630. The molecular weight excluding hydrogens is 571 g/mol. The number of nitrogens with one attached hydrogen (secondary N) is 1. The molecule has 222 valence electrons. The Kier molecular flexibility index (Phi) is 6.39. The van der Waals surface area contributed by atoms with Crippen LogP contribution in [0.4, 0.5) is 11.4 Å². The summed E-state index contributed by atoms with van der Waals surface area (Å²) in [6.45, 7) is 2.19. The van der Waals surface area contributed by atoms with Crippen LogP contribution in [0, 0.1) is 6.92 Å². The molecule has 8 aromatic carbocycles. The Hall–Kier alpha value is -6.12. The van der Waals surface area contributed by atoms with Gasteiger partial charge in [-0.3, -0.25) is 0 Å². The fraction of sp³-hybridized carbons (Fsp3) is 0.0222. The topological polar surface area (TPSA) is 25.2 Å². The first-order valence-corrected chi connectivity index (χ1v) is 16.1. The average Bonchev–Trinajstić information content (AvgIpc) is 3.51. The number of hydrogen-bond donors (Lipinski definition) is 1.